The molecule has 4 aromatic carbocycles. The van der Waals surface area contributed by atoms with Gasteiger partial charge in [-0.2, -0.15) is 0 Å². The second-order valence-corrected chi connectivity index (χ2v) is 11.7. The molecule has 0 aliphatic heterocycles. The van der Waals surface area contributed by atoms with Crippen molar-refractivity contribution in [2.45, 2.75) is 25.0 Å². The molecule has 0 aliphatic carbocycles. The van der Waals surface area contributed by atoms with E-state index in [0.29, 0.717) is 23.5 Å². The number of phenolic OH excluding ortho intramolecular Hbond substituents is 1. The van der Waals surface area contributed by atoms with Crippen molar-refractivity contribution in [1.82, 2.24) is 5.32 Å². The zero-order valence-electron chi connectivity index (χ0n) is 23.4. The predicted molar refractivity (Wildman–Crippen MR) is 162 cm³/mol. The van der Waals surface area contributed by atoms with Crippen LogP contribution in [0.4, 0.5) is 5.69 Å². The number of benzene rings is 4. The van der Waals surface area contributed by atoms with E-state index in [1.54, 1.807) is 20.3 Å². The lowest BCUT2D eigenvalue weighted by Crippen LogP contribution is -2.32. The van der Waals surface area contributed by atoms with E-state index in [-0.39, 0.29) is 30.4 Å². The number of hydrogen-bond acceptors (Lipinski definition) is 7. The molecule has 2 unspecified atom stereocenters. The van der Waals surface area contributed by atoms with Gasteiger partial charge >= 0.3 is 0 Å². The molecular weight excluding hydrogens is 540 g/mol. The summed E-state index contributed by atoms with van der Waals surface area (Å²) in [6, 6.07) is 28.9. The van der Waals surface area contributed by atoms with Crippen LogP contribution in [0.5, 0.6) is 17.2 Å². The van der Waals surface area contributed by atoms with E-state index >= 15 is 0 Å². The monoisotopic (exact) mass is 576 g/mol. The molecule has 0 spiro atoms. The fourth-order valence-corrected chi connectivity index (χ4v) is 5.25. The Kier molecular flexibility index (Phi) is 9.88. The highest BCUT2D eigenvalue weighted by atomic mass is 32.2. The fraction of sp³-hybridized carbons (Fsp3) is 0.250. The summed E-state index contributed by atoms with van der Waals surface area (Å²) in [5.41, 5.74) is 5.15. The highest BCUT2D eigenvalue weighted by Crippen LogP contribution is 2.32. The average molecular weight is 577 g/mol. The molecule has 4 N–H and O–H groups in total. The van der Waals surface area contributed by atoms with E-state index in [9.17, 15) is 18.6 Å². The van der Waals surface area contributed by atoms with Crippen LogP contribution in [0, 0.1) is 0 Å². The molecule has 0 aliphatic rings. The summed E-state index contributed by atoms with van der Waals surface area (Å²) in [4.78, 5) is 0. The lowest BCUT2D eigenvalue weighted by atomic mass is 9.96. The van der Waals surface area contributed by atoms with E-state index in [2.05, 4.69) is 46.4 Å². The molecule has 0 saturated carbocycles. The van der Waals surface area contributed by atoms with Crippen molar-refractivity contribution >= 4 is 15.7 Å². The van der Waals surface area contributed by atoms with Crippen molar-refractivity contribution in [2.24, 2.45) is 0 Å². The predicted octanol–water partition coefficient (Wildman–Crippen LogP) is 4.92. The van der Waals surface area contributed by atoms with Crippen molar-refractivity contribution in [3.63, 3.8) is 0 Å². The molecule has 0 aromatic heterocycles. The molecule has 8 nitrogen and oxygen atoms in total. The Hall–Kier alpha value is -4.05. The van der Waals surface area contributed by atoms with Gasteiger partial charge in [-0.1, -0.05) is 66.7 Å². The van der Waals surface area contributed by atoms with Crippen LogP contribution in [0.2, 0.25) is 0 Å². The Bertz CT molecular complexity index is 1540. The van der Waals surface area contributed by atoms with Gasteiger partial charge in [0.2, 0.25) is 10.0 Å². The highest BCUT2D eigenvalue weighted by Gasteiger charge is 2.18. The summed E-state index contributed by atoms with van der Waals surface area (Å²) in [7, 11) is -0.367. The lowest BCUT2D eigenvalue weighted by Gasteiger charge is -2.23. The van der Waals surface area contributed by atoms with Gasteiger partial charge in [-0.05, 0) is 64.9 Å². The van der Waals surface area contributed by atoms with Gasteiger partial charge in [-0.25, -0.2) is 8.42 Å². The van der Waals surface area contributed by atoms with Crippen LogP contribution in [0.15, 0.2) is 91.0 Å². The van der Waals surface area contributed by atoms with E-state index in [4.69, 9.17) is 9.47 Å². The normalized spacial score (nSPS) is 12.9. The number of sulfonamides is 1. The minimum atomic E-state index is -3.56. The maximum absolute atomic E-state index is 11.6. The van der Waals surface area contributed by atoms with Crippen molar-refractivity contribution in [2.75, 3.05) is 31.7 Å². The molecule has 0 saturated heterocycles. The molecule has 41 heavy (non-hydrogen) atoms. The Morgan fingerprint density at radius 3 is 2.10 bits per heavy atom. The third-order valence-corrected chi connectivity index (χ3v) is 7.33. The van der Waals surface area contributed by atoms with Gasteiger partial charge in [0, 0.05) is 12.6 Å². The number of aromatic hydroxyl groups is 1. The highest BCUT2D eigenvalue weighted by molar-refractivity contribution is 7.92. The number of aliphatic hydroxyl groups is 1. The molecule has 9 heteroatoms. The minimum absolute atomic E-state index is 0.0762. The van der Waals surface area contributed by atoms with Crippen LogP contribution in [-0.2, 0) is 22.9 Å². The lowest BCUT2D eigenvalue weighted by molar-refractivity contribution is 0.167. The second-order valence-electron chi connectivity index (χ2n) is 9.93. The Labute approximate surface area is 241 Å². The smallest absolute Gasteiger partial charge is 0.229 e. The van der Waals surface area contributed by atoms with E-state index in [1.807, 2.05) is 36.4 Å². The maximum atomic E-state index is 11.6. The molecule has 0 bridgehead atoms. The topological polar surface area (TPSA) is 117 Å². The van der Waals surface area contributed by atoms with Gasteiger partial charge in [-0.3, -0.25) is 4.72 Å². The first kappa shape index (κ1) is 29.9. The molecule has 2 atom stereocenters. The second kappa shape index (κ2) is 13.5. The molecule has 0 fully saturated rings. The third kappa shape index (κ3) is 8.47. The van der Waals surface area contributed by atoms with E-state index in [1.165, 1.54) is 12.1 Å². The van der Waals surface area contributed by atoms with Gasteiger partial charge in [0.05, 0.1) is 32.3 Å². The molecule has 216 valence electrons. The first-order valence-corrected chi connectivity index (χ1v) is 15.1. The maximum Gasteiger partial charge on any atom is 0.229 e. The van der Waals surface area contributed by atoms with Gasteiger partial charge < -0.3 is 25.0 Å². The van der Waals surface area contributed by atoms with Crippen LogP contribution in [0.25, 0.3) is 11.1 Å². The molecule has 0 amide bonds. The van der Waals surface area contributed by atoms with E-state index < -0.39 is 16.1 Å². The summed E-state index contributed by atoms with van der Waals surface area (Å²) in [6.07, 6.45) is 1.17. The zero-order chi connectivity index (χ0) is 29.4. The number of phenols is 1. The van der Waals surface area contributed by atoms with E-state index in [0.717, 1.165) is 28.5 Å². The van der Waals surface area contributed by atoms with Gasteiger partial charge in [-0.15, -0.1) is 0 Å². The van der Waals surface area contributed by atoms with Gasteiger partial charge in [0.25, 0.3) is 0 Å². The first-order chi connectivity index (χ1) is 19.6. The van der Waals surface area contributed by atoms with Crippen molar-refractivity contribution in [3.05, 3.63) is 108 Å². The quantitative estimate of drug-likeness (QED) is 0.167. The Balaban J connectivity index is 1.51. The summed E-state index contributed by atoms with van der Waals surface area (Å²) < 4.78 is 36.5. The fourth-order valence-electron chi connectivity index (χ4n) is 4.69. The third-order valence-electron chi connectivity index (χ3n) is 6.74. The number of rotatable bonds is 13. The Morgan fingerprint density at radius 2 is 1.44 bits per heavy atom. The molecule has 0 radical (unpaired) electrons. The number of aliphatic hydroxyl groups excluding tert-OH is 1. The summed E-state index contributed by atoms with van der Waals surface area (Å²) in [5, 5.41) is 24.4. The molecular formula is C32H36N2O6S. The number of anilines is 1. The van der Waals surface area contributed by atoms with Crippen molar-refractivity contribution in [3.8, 4) is 28.4 Å². The van der Waals surface area contributed by atoms with Crippen LogP contribution >= 0.6 is 0 Å². The van der Waals surface area contributed by atoms with Crippen LogP contribution in [-0.4, -0.2) is 51.8 Å². The first-order valence-electron chi connectivity index (χ1n) is 13.2. The summed E-state index contributed by atoms with van der Waals surface area (Å²) in [6.45, 7) is 0.275. The van der Waals surface area contributed by atoms with Gasteiger partial charge in [0.1, 0.15) is 5.75 Å². The number of hydrogen-bond donors (Lipinski definition) is 4. The molecule has 0 heterocycles. The van der Waals surface area contributed by atoms with Crippen LogP contribution in [0.1, 0.15) is 22.7 Å². The number of methoxy groups -OCH3 is 2. The Morgan fingerprint density at radius 1 is 0.780 bits per heavy atom. The summed E-state index contributed by atoms with van der Waals surface area (Å²) >= 11 is 0. The average Bonchev–Trinajstić information content (AvgIpc) is 2.96. The summed E-state index contributed by atoms with van der Waals surface area (Å²) in [5.74, 6) is 1.07. The van der Waals surface area contributed by atoms with Crippen molar-refractivity contribution in [1.29, 1.82) is 0 Å². The zero-order valence-corrected chi connectivity index (χ0v) is 24.2. The number of ether oxygens (including phenoxy) is 2. The number of nitrogens with one attached hydrogen (secondary N) is 2. The van der Waals surface area contributed by atoms with Gasteiger partial charge in [0.15, 0.2) is 11.5 Å². The standard InChI is InChI=1S/C32H36N2O6S/c1-39-31-16-14-26(20-32(31)40-2)28(18-22-9-12-25(13-10-22)24-7-5-4-6-8-24)33-21-27(35)17-23-11-15-30(36)29(19-23)34-41(3,37)38/h4-16,19-20,27-28,33-36H,17-18,21H2,1-3H3. The van der Waals surface area contributed by atoms with Crippen molar-refractivity contribution < 1.29 is 28.1 Å². The largest absolute Gasteiger partial charge is 0.506 e. The molecule has 4 aromatic rings. The van der Waals surface area contributed by atoms with Crippen LogP contribution < -0.4 is 19.5 Å². The van der Waals surface area contributed by atoms with Crippen LogP contribution in [0.3, 0.4) is 0 Å². The minimum Gasteiger partial charge on any atom is -0.506 e. The SMILES string of the molecule is COc1ccc(C(Cc2ccc(-c3ccccc3)cc2)NCC(O)Cc2ccc(O)c(NS(C)(=O)=O)c2)cc1OC. The molecule has 4 rings (SSSR count).